The zero-order chi connectivity index (χ0) is 14.8. The summed E-state index contributed by atoms with van der Waals surface area (Å²) in [5.74, 6) is -1.01. The van der Waals surface area contributed by atoms with E-state index in [9.17, 15) is 9.59 Å². The smallest absolute Gasteiger partial charge is 0.326 e. The van der Waals surface area contributed by atoms with E-state index in [1.807, 2.05) is 49.4 Å². The predicted octanol–water partition coefficient (Wildman–Crippen LogP) is 2.25. The third-order valence-electron chi connectivity index (χ3n) is 2.67. The maximum absolute atomic E-state index is 11.5. The second-order valence-electron chi connectivity index (χ2n) is 4.35. The summed E-state index contributed by atoms with van der Waals surface area (Å²) in [7, 11) is 0. The van der Waals surface area contributed by atoms with E-state index in [0.717, 1.165) is 5.56 Å². The molecule has 0 saturated heterocycles. The van der Waals surface area contributed by atoms with E-state index in [-0.39, 0.29) is 0 Å². The van der Waals surface area contributed by atoms with Gasteiger partial charge in [0.1, 0.15) is 6.04 Å². The highest BCUT2D eigenvalue weighted by atomic mass is 16.4. The van der Waals surface area contributed by atoms with Crippen LogP contribution >= 0.6 is 0 Å². The summed E-state index contributed by atoms with van der Waals surface area (Å²) in [6.45, 7) is 2.22. The van der Waals surface area contributed by atoms with Gasteiger partial charge in [0.2, 0.25) is 0 Å². The molecule has 0 aliphatic heterocycles. The van der Waals surface area contributed by atoms with Gasteiger partial charge in [-0.25, -0.2) is 9.59 Å². The highest BCUT2D eigenvalue weighted by molar-refractivity contribution is 5.82. The Morgan fingerprint density at radius 1 is 1.30 bits per heavy atom. The lowest BCUT2D eigenvalue weighted by atomic mass is 10.2. The fourth-order valence-electron chi connectivity index (χ4n) is 1.67. The molecule has 0 bridgehead atoms. The molecular weight excluding hydrogens is 256 g/mol. The molecule has 108 valence electrons. The first-order valence-electron chi connectivity index (χ1n) is 6.62. The molecule has 1 unspecified atom stereocenters. The molecule has 20 heavy (non-hydrogen) atoms. The monoisotopic (exact) mass is 276 g/mol. The Labute approximate surface area is 118 Å². The number of carbonyl (C=O) groups is 2. The number of hydrogen-bond donors (Lipinski definition) is 3. The van der Waals surface area contributed by atoms with Crippen molar-refractivity contribution < 1.29 is 14.7 Å². The minimum absolute atomic E-state index is 0.346. The standard InChI is InChI=1S/C15H20N2O3/c1-2-7-13(14(18)19)17-15(20)16-11-6-10-12-8-4-3-5-9-12/h3-6,8-10,13H,2,7,11H2,1H3,(H,18,19)(H2,16,17,20)/b10-6+. The summed E-state index contributed by atoms with van der Waals surface area (Å²) in [4.78, 5) is 22.4. The van der Waals surface area contributed by atoms with Gasteiger partial charge in [0.25, 0.3) is 0 Å². The van der Waals surface area contributed by atoms with Crippen molar-refractivity contribution in [2.45, 2.75) is 25.8 Å². The summed E-state index contributed by atoms with van der Waals surface area (Å²) in [5, 5.41) is 13.9. The number of rotatable bonds is 7. The quantitative estimate of drug-likeness (QED) is 0.714. The number of nitrogens with one attached hydrogen (secondary N) is 2. The SMILES string of the molecule is CCCC(NC(=O)NC/C=C/c1ccccc1)C(=O)O. The lowest BCUT2D eigenvalue weighted by Gasteiger charge is -2.13. The maximum Gasteiger partial charge on any atom is 0.326 e. The van der Waals surface area contributed by atoms with Crippen molar-refractivity contribution in [2.24, 2.45) is 0 Å². The Hall–Kier alpha value is -2.30. The maximum atomic E-state index is 11.5. The van der Waals surface area contributed by atoms with Gasteiger partial charge in [-0.3, -0.25) is 0 Å². The van der Waals surface area contributed by atoms with E-state index in [1.165, 1.54) is 0 Å². The Balaban J connectivity index is 2.32. The topological polar surface area (TPSA) is 78.4 Å². The molecule has 2 amide bonds. The number of aliphatic carboxylic acids is 1. The second-order valence-corrected chi connectivity index (χ2v) is 4.35. The molecule has 0 aliphatic rings. The lowest BCUT2D eigenvalue weighted by Crippen LogP contribution is -2.45. The largest absolute Gasteiger partial charge is 0.480 e. The van der Waals surface area contributed by atoms with Crippen molar-refractivity contribution in [3.63, 3.8) is 0 Å². The first kappa shape index (κ1) is 15.8. The molecule has 0 fully saturated rings. The van der Waals surface area contributed by atoms with Crippen LogP contribution in [0.25, 0.3) is 6.08 Å². The van der Waals surface area contributed by atoms with E-state index in [2.05, 4.69) is 10.6 Å². The fourth-order valence-corrected chi connectivity index (χ4v) is 1.67. The van der Waals surface area contributed by atoms with Gasteiger partial charge in [0.05, 0.1) is 0 Å². The molecule has 1 rings (SSSR count). The molecule has 0 aromatic heterocycles. The van der Waals surface area contributed by atoms with Crippen LogP contribution in [-0.4, -0.2) is 29.7 Å². The number of carboxylic acid groups (broad SMARTS) is 1. The third-order valence-corrected chi connectivity index (χ3v) is 2.67. The van der Waals surface area contributed by atoms with E-state index < -0.39 is 18.0 Å². The molecule has 0 saturated carbocycles. The van der Waals surface area contributed by atoms with Crippen LogP contribution in [0.4, 0.5) is 4.79 Å². The number of urea groups is 1. The van der Waals surface area contributed by atoms with Crippen molar-refractivity contribution >= 4 is 18.1 Å². The first-order chi connectivity index (χ1) is 9.63. The minimum atomic E-state index is -1.01. The molecule has 0 aliphatic carbocycles. The summed E-state index contributed by atoms with van der Waals surface area (Å²) in [5.41, 5.74) is 1.05. The van der Waals surface area contributed by atoms with Crippen LogP contribution in [0.15, 0.2) is 36.4 Å². The Morgan fingerprint density at radius 2 is 2.00 bits per heavy atom. The molecule has 1 aromatic rings. The Morgan fingerprint density at radius 3 is 2.60 bits per heavy atom. The van der Waals surface area contributed by atoms with Gasteiger partial charge >= 0.3 is 12.0 Å². The molecule has 0 spiro atoms. The lowest BCUT2D eigenvalue weighted by molar-refractivity contribution is -0.139. The normalized spacial score (nSPS) is 12.1. The van der Waals surface area contributed by atoms with Gasteiger partial charge in [0.15, 0.2) is 0 Å². The molecule has 0 heterocycles. The Kier molecular flexibility index (Phi) is 6.89. The summed E-state index contributed by atoms with van der Waals surface area (Å²) >= 11 is 0. The van der Waals surface area contributed by atoms with E-state index in [1.54, 1.807) is 0 Å². The number of carbonyl (C=O) groups excluding carboxylic acids is 1. The summed E-state index contributed by atoms with van der Waals surface area (Å²) < 4.78 is 0. The fraction of sp³-hybridized carbons (Fsp3) is 0.333. The van der Waals surface area contributed by atoms with Crippen molar-refractivity contribution in [1.29, 1.82) is 0 Å². The van der Waals surface area contributed by atoms with E-state index in [0.29, 0.717) is 19.4 Å². The number of benzene rings is 1. The third kappa shape index (κ3) is 6.04. The van der Waals surface area contributed by atoms with Crippen LogP contribution in [0.5, 0.6) is 0 Å². The summed E-state index contributed by atoms with van der Waals surface area (Å²) in [6, 6.07) is 8.41. The van der Waals surface area contributed by atoms with Crippen LogP contribution in [0.2, 0.25) is 0 Å². The molecule has 1 aromatic carbocycles. The molecule has 5 nitrogen and oxygen atoms in total. The zero-order valence-corrected chi connectivity index (χ0v) is 11.5. The van der Waals surface area contributed by atoms with Crippen molar-refractivity contribution in [2.75, 3.05) is 6.54 Å². The van der Waals surface area contributed by atoms with Gasteiger partial charge in [-0.15, -0.1) is 0 Å². The van der Waals surface area contributed by atoms with Crippen LogP contribution in [-0.2, 0) is 4.79 Å². The number of amides is 2. The van der Waals surface area contributed by atoms with Gasteiger partial charge in [0, 0.05) is 6.54 Å². The average molecular weight is 276 g/mol. The number of carboxylic acids is 1. The highest BCUT2D eigenvalue weighted by Gasteiger charge is 2.17. The van der Waals surface area contributed by atoms with Gasteiger partial charge < -0.3 is 15.7 Å². The van der Waals surface area contributed by atoms with Gasteiger partial charge in [-0.05, 0) is 12.0 Å². The van der Waals surface area contributed by atoms with Crippen molar-refractivity contribution in [1.82, 2.24) is 10.6 Å². The highest BCUT2D eigenvalue weighted by Crippen LogP contribution is 2.00. The van der Waals surface area contributed by atoms with Gasteiger partial charge in [-0.1, -0.05) is 55.8 Å². The van der Waals surface area contributed by atoms with Crippen molar-refractivity contribution in [3.05, 3.63) is 42.0 Å². The molecule has 3 N–H and O–H groups in total. The molecule has 5 heteroatoms. The zero-order valence-electron chi connectivity index (χ0n) is 11.5. The van der Waals surface area contributed by atoms with Crippen LogP contribution in [0.1, 0.15) is 25.3 Å². The number of hydrogen-bond acceptors (Lipinski definition) is 2. The Bertz CT molecular complexity index is 457. The van der Waals surface area contributed by atoms with Crippen molar-refractivity contribution in [3.8, 4) is 0 Å². The molecule has 1 atom stereocenters. The first-order valence-corrected chi connectivity index (χ1v) is 6.62. The van der Waals surface area contributed by atoms with E-state index >= 15 is 0 Å². The summed E-state index contributed by atoms with van der Waals surface area (Å²) in [6.07, 6.45) is 4.82. The predicted molar refractivity (Wildman–Crippen MR) is 78.3 cm³/mol. The minimum Gasteiger partial charge on any atom is -0.480 e. The van der Waals surface area contributed by atoms with Gasteiger partial charge in [-0.2, -0.15) is 0 Å². The van der Waals surface area contributed by atoms with Crippen LogP contribution < -0.4 is 10.6 Å². The molecular formula is C15H20N2O3. The second kappa shape index (κ2) is 8.74. The van der Waals surface area contributed by atoms with E-state index in [4.69, 9.17) is 5.11 Å². The molecule has 0 radical (unpaired) electrons. The average Bonchev–Trinajstić information content (AvgIpc) is 2.44. The van der Waals surface area contributed by atoms with Crippen LogP contribution in [0.3, 0.4) is 0 Å². The van der Waals surface area contributed by atoms with Crippen LogP contribution in [0, 0.1) is 0 Å².